The summed E-state index contributed by atoms with van der Waals surface area (Å²) in [7, 11) is 1.58. The first-order chi connectivity index (χ1) is 12.1. The number of hydrogen-bond acceptors (Lipinski definition) is 4. The number of aliphatic carboxylic acids is 1. The first kappa shape index (κ1) is 18.3. The SMILES string of the molecule is COc1ccc(CC[C@H](NC(=O)OCc2ccccc2)C(=O)O)cc1. The Morgan fingerprint density at radius 1 is 1.04 bits per heavy atom. The van der Waals surface area contributed by atoms with Gasteiger partial charge in [0.25, 0.3) is 0 Å². The van der Waals surface area contributed by atoms with Crippen molar-refractivity contribution < 1.29 is 24.2 Å². The number of nitrogens with one attached hydrogen (secondary N) is 1. The van der Waals surface area contributed by atoms with E-state index in [0.29, 0.717) is 6.42 Å². The molecule has 0 aromatic heterocycles. The van der Waals surface area contributed by atoms with Gasteiger partial charge in [-0.2, -0.15) is 0 Å². The molecule has 0 spiro atoms. The molecule has 132 valence electrons. The van der Waals surface area contributed by atoms with Crippen molar-refractivity contribution in [2.24, 2.45) is 0 Å². The van der Waals surface area contributed by atoms with Crippen molar-refractivity contribution in [3.63, 3.8) is 0 Å². The summed E-state index contributed by atoms with van der Waals surface area (Å²) in [5.41, 5.74) is 1.80. The summed E-state index contributed by atoms with van der Waals surface area (Å²) in [5.74, 6) is -0.355. The van der Waals surface area contributed by atoms with Gasteiger partial charge in [0.1, 0.15) is 18.4 Å². The lowest BCUT2D eigenvalue weighted by Gasteiger charge is -2.14. The molecule has 6 heteroatoms. The van der Waals surface area contributed by atoms with Crippen LogP contribution in [0, 0.1) is 0 Å². The van der Waals surface area contributed by atoms with Gasteiger partial charge in [-0.1, -0.05) is 42.5 Å². The van der Waals surface area contributed by atoms with E-state index in [1.165, 1.54) is 0 Å². The molecule has 6 nitrogen and oxygen atoms in total. The largest absolute Gasteiger partial charge is 0.497 e. The van der Waals surface area contributed by atoms with Crippen LogP contribution in [0.4, 0.5) is 4.79 Å². The molecule has 0 unspecified atom stereocenters. The zero-order valence-corrected chi connectivity index (χ0v) is 14.0. The maximum Gasteiger partial charge on any atom is 0.408 e. The molecular formula is C19H21NO5. The highest BCUT2D eigenvalue weighted by molar-refractivity contribution is 5.79. The molecule has 1 atom stereocenters. The topological polar surface area (TPSA) is 84.9 Å². The molecule has 2 rings (SSSR count). The van der Waals surface area contributed by atoms with Crippen LogP contribution in [0.2, 0.25) is 0 Å². The van der Waals surface area contributed by atoms with Crippen LogP contribution in [0.3, 0.4) is 0 Å². The molecule has 0 heterocycles. The Morgan fingerprint density at radius 3 is 2.32 bits per heavy atom. The van der Waals surface area contributed by atoms with Crippen LogP contribution in [0.1, 0.15) is 17.5 Å². The van der Waals surface area contributed by atoms with E-state index in [-0.39, 0.29) is 13.0 Å². The van der Waals surface area contributed by atoms with Crippen LogP contribution in [-0.4, -0.2) is 30.3 Å². The Bertz CT molecular complexity index is 685. The minimum absolute atomic E-state index is 0.0947. The van der Waals surface area contributed by atoms with Crippen molar-refractivity contribution in [3.05, 3.63) is 65.7 Å². The zero-order valence-electron chi connectivity index (χ0n) is 14.0. The monoisotopic (exact) mass is 343 g/mol. The molecule has 0 aliphatic carbocycles. The lowest BCUT2D eigenvalue weighted by atomic mass is 10.1. The van der Waals surface area contributed by atoms with Gasteiger partial charge in [0.05, 0.1) is 7.11 Å². The molecular weight excluding hydrogens is 322 g/mol. The molecule has 0 aliphatic heterocycles. The number of alkyl carbamates (subject to hydrolysis) is 1. The van der Waals surface area contributed by atoms with E-state index in [9.17, 15) is 14.7 Å². The second kappa shape index (κ2) is 9.32. The van der Waals surface area contributed by atoms with E-state index in [4.69, 9.17) is 9.47 Å². The summed E-state index contributed by atoms with van der Waals surface area (Å²) in [6.07, 6.45) is 0.0353. The van der Waals surface area contributed by atoms with Crippen LogP contribution in [0.5, 0.6) is 5.75 Å². The molecule has 0 saturated heterocycles. The summed E-state index contributed by atoms with van der Waals surface area (Å²) >= 11 is 0. The molecule has 0 aliphatic rings. The van der Waals surface area contributed by atoms with Gasteiger partial charge in [0.2, 0.25) is 0 Å². The highest BCUT2D eigenvalue weighted by Gasteiger charge is 2.20. The fourth-order valence-electron chi connectivity index (χ4n) is 2.27. The quantitative estimate of drug-likeness (QED) is 0.770. The second-order valence-corrected chi connectivity index (χ2v) is 5.48. The van der Waals surface area contributed by atoms with Crippen molar-refractivity contribution in [3.8, 4) is 5.75 Å². The summed E-state index contributed by atoms with van der Waals surface area (Å²) in [6.45, 7) is 0.0947. The van der Waals surface area contributed by atoms with Crippen LogP contribution in [0.15, 0.2) is 54.6 Å². The molecule has 2 N–H and O–H groups in total. The van der Waals surface area contributed by atoms with Crippen LogP contribution in [0.25, 0.3) is 0 Å². The summed E-state index contributed by atoms with van der Waals surface area (Å²) < 4.78 is 10.1. The first-order valence-electron chi connectivity index (χ1n) is 7.91. The lowest BCUT2D eigenvalue weighted by Crippen LogP contribution is -2.41. The molecule has 2 aromatic carbocycles. The van der Waals surface area contributed by atoms with Crippen molar-refractivity contribution in [1.82, 2.24) is 5.32 Å². The third-order valence-electron chi connectivity index (χ3n) is 3.68. The Balaban J connectivity index is 1.82. The predicted molar refractivity (Wildman–Crippen MR) is 92.5 cm³/mol. The molecule has 1 amide bonds. The van der Waals surface area contributed by atoms with Crippen LogP contribution in [-0.2, 0) is 22.6 Å². The smallest absolute Gasteiger partial charge is 0.408 e. The van der Waals surface area contributed by atoms with Crippen molar-refractivity contribution in [2.75, 3.05) is 7.11 Å². The van der Waals surface area contributed by atoms with Gasteiger partial charge in [-0.15, -0.1) is 0 Å². The number of benzene rings is 2. The maximum atomic E-state index is 11.8. The molecule has 0 radical (unpaired) electrons. The number of carbonyl (C=O) groups excluding carboxylic acids is 1. The minimum Gasteiger partial charge on any atom is -0.497 e. The van der Waals surface area contributed by atoms with E-state index in [2.05, 4.69) is 5.32 Å². The number of aryl methyl sites for hydroxylation is 1. The normalized spacial score (nSPS) is 11.4. The van der Waals surface area contributed by atoms with Crippen molar-refractivity contribution >= 4 is 12.1 Å². The number of rotatable bonds is 8. The minimum atomic E-state index is -1.09. The lowest BCUT2D eigenvalue weighted by molar-refractivity contribution is -0.139. The predicted octanol–water partition coefficient (Wildman–Crippen LogP) is 3.01. The average Bonchev–Trinajstić information content (AvgIpc) is 2.64. The van der Waals surface area contributed by atoms with E-state index >= 15 is 0 Å². The highest BCUT2D eigenvalue weighted by Crippen LogP contribution is 2.13. The zero-order chi connectivity index (χ0) is 18.1. The van der Waals surface area contributed by atoms with Gasteiger partial charge in [-0.3, -0.25) is 0 Å². The Morgan fingerprint density at radius 2 is 1.72 bits per heavy atom. The number of hydrogen-bond donors (Lipinski definition) is 2. The summed E-state index contributed by atoms with van der Waals surface area (Å²) in [6, 6.07) is 15.5. The number of ether oxygens (including phenoxy) is 2. The number of amides is 1. The van der Waals surface area contributed by atoms with Gasteiger partial charge >= 0.3 is 12.1 Å². The maximum absolute atomic E-state index is 11.8. The van der Waals surface area contributed by atoms with Crippen LogP contribution >= 0.6 is 0 Å². The summed E-state index contributed by atoms with van der Waals surface area (Å²) in [5, 5.41) is 11.7. The number of carbonyl (C=O) groups is 2. The molecule has 2 aromatic rings. The Hall–Kier alpha value is -3.02. The fraction of sp³-hybridized carbons (Fsp3) is 0.263. The van der Waals surface area contributed by atoms with Gasteiger partial charge in [-0.25, -0.2) is 9.59 Å². The molecule has 25 heavy (non-hydrogen) atoms. The van der Waals surface area contributed by atoms with E-state index in [0.717, 1.165) is 16.9 Å². The number of carboxylic acids is 1. The van der Waals surface area contributed by atoms with Crippen molar-refractivity contribution in [1.29, 1.82) is 0 Å². The van der Waals surface area contributed by atoms with Crippen molar-refractivity contribution in [2.45, 2.75) is 25.5 Å². The third kappa shape index (κ3) is 6.18. The van der Waals surface area contributed by atoms with Gasteiger partial charge in [0.15, 0.2) is 0 Å². The average molecular weight is 343 g/mol. The van der Waals surface area contributed by atoms with Gasteiger partial charge in [0, 0.05) is 0 Å². The number of methoxy groups -OCH3 is 1. The Labute approximate surface area is 146 Å². The second-order valence-electron chi connectivity index (χ2n) is 5.48. The van der Waals surface area contributed by atoms with E-state index in [1.54, 1.807) is 7.11 Å². The Kier molecular flexibility index (Phi) is 6.83. The molecule has 0 saturated carbocycles. The van der Waals surface area contributed by atoms with E-state index < -0.39 is 18.1 Å². The van der Waals surface area contributed by atoms with Gasteiger partial charge in [-0.05, 0) is 36.1 Å². The summed E-state index contributed by atoms with van der Waals surface area (Å²) in [4.78, 5) is 23.2. The fourth-order valence-corrected chi connectivity index (χ4v) is 2.27. The van der Waals surface area contributed by atoms with E-state index in [1.807, 2.05) is 54.6 Å². The number of carboxylic acid groups (broad SMARTS) is 1. The third-order valence-corrected chi connectivity index (χ3v) is 3.68. The molecule has 0 fully saturated rings. The van der Waals surface area contributed by atoms with Crippen LogP contribution < -0.4 is 10.1 Å². The molecule has 0 bridgehead atoms. The highest BCUT2D eigenvalue weighted by atomic mass is 16.5. The standard InChI is InChI=1S/C19H21NO5/c1-24-16-10-7-14(8-11-16)9-12-17(18(21)22)20-19(23)25-13-15-5-3-2-4-6-15/h2-8,10-11,17H,9,12-13H2,1H3,(H,20,23)(H,21,22)/t17-/m0/s1. The first-order valence-corrected chi connectivity index (χ1v) is 7.91. The van der Waals surface area contributed by atoms with Gasteiger partial charge < -0.3 is 19.9 Å².